The van der Waals surface area contributed by atoms with Crippen molar-refractivity contribution in [1.29, 1.82) is 0 Å². The van der Waals surface area contributed by atoms with Crippen LogP contribution in [0, 0.1) is 5.92 Å². The number of hydrazine groups is 1. The minimum atomic E-state index is -0.602. The molecule has 3 N–H and O–H groups in total. The Balaban J connectivity index is 1.89. The van der Waals surface area contributed by atoms with E-state index in [-0.39, 0.29) is 34.3 Å². The summed E-state index contributed by atoms with van der Waals surface area (Å²) >= 11 is 5.93. The van der Waals surface area contributed by atoms with Gasteiger partial charge in [-0.2, -0.15) is 0 Å². The molecule has 1 aromatic rings. The lowest BCUT2D eigenvalue weighted by atomic mass is 9.85. The van der Waals surface area contributed by atoms with E-state index in [2.05, 4.69) is 25.9 Å². The molecule has 2 amide bonds. The molecular formula is C19H27ClN4O5. The molecule has 0 spiro atoms. The van der Waals surface area contributed by atoms with Crippen LogP contribution in [0.15, 0.2) is 12.3 Å². The average molecular weight is 427 g/mol. The van der Waals surface area contributed by atoms with Gasteiger partial charge in [0.2, 0.25) is 5.91 Å². The molecule has 1 aromatic heterocycles. The predicted molar refractivity (Wildman–Crippen MR) is 107 cm³/mol. The third-order valence-corrected chi connectivity index (χ3v) is 4.64. The third-order valence-electron chi connectivity index (χ3n) is 4.34. The summed E-state index contributed by atoms with van der Waals surface area (Å²) in [6.07, 6.45) is 3.63. The molecular weight excluding hydrogens is 400 g/mol. The van der Waals surface area contributed by atoms with E-state index in [1.807, 2.05) is 0 Å². The summed E-state index contributed by atoms with van der Waals surface area (Å²) in [6.45, 7) is 5.39. The van der Waals surface area contributed by atoms with Crippen LogP contribution in [0.2, 0.25) is 5.02 Å². The molecule has 0 aliphatic heterocycles. The van der Waals surface area contributed by atoms with Crippen LogP contribution in [-0.2, 0) is 14.3 Å². The number of nitrogens with one attached hydrogen (secondary N) is 3. The summed E-state index contributed by atoms with van der Waals surface area (Å²) in [5, 5.41) is 2.98. The monoisotopic (exact) mass is 426 g/mol. The maximum Gasteiger partial charge on any atom is 0.407 e. The fourth-order valence-corrected chi connectivity index (χ4v) is 3.21. The molecule has 29 heavy (non-hydrogen) atoms. The summed E-state index contributed by atoms with van der Waals surface area (Å²) in [4.78, 5) is 40.2. The highest BCUT2D eigenvalue weighted by Crippen LogP contribution is 2.25. The Hall–Kier alpha value is -2.55. The third kappa shape index (κ3) is 7.08. The first-order valence-corrected chi connectivity index (χ1v) is 9.76. The van der Waals surface area contributed by atoms with Crippen LogP contribution < -0.4 is 16.2 Å². The molecule has 9 nitrogen and oxygen atoms in total. The number of carbonyl (C=O) groups excluding carboxylic acids is 3. The van der Waals surface area contributed by atoms with E-state index in [9.17, 15) is 14.4 Å². The van der Waals surface area contributed by atoms with Crippen LogP contribution in [-0.4, -0.2) is 41.7 Å². The highest BCUT2D eigenvalue weighted by Gasteiger charge is 2.29. The minimum absolute atomic E-state index is 0.131. The average Bonchev–Trinajstić information content (AvgIpc) is 2.65. The number of hydrogen-bond acceptors (Lipinski definition) is 7. The lowest BCUT2D eigenvalue weighted by Gasteiger charge is -2.30. The number of methoxy groups -OCH3 is 1. The van der Waals surface area contributed by atoms with Crippen molar-refractivity contribution >= 4 is 35.4 Å². The number of ether oxygens (including phenoxy) is 2. The van der Waals surface area contributed by atoms with Crippen molar-refractivity contribution in [3.05, 3.63) is 22.8 Å². The second kappa shape index (κ2) is 9.78. The van der Waals surface area contributed by atoms with E-state index in [0.29, 0.717) is 12.8 Å². The second-order valence-electron chi connectivity index (χ2n) is 7.86. The van der Waals surface area contributed by atoms with Gasteiger partial charge in [-0.3, -0.25) is 15.6 Å². The molecule has 1 saturated carbocycles. The summed E-state index contributed by atoms with van der Waals surface area (Å²) in [6, 6.07) is 1.26. The molecule has 0 radical (unpaired) electrons. The van der Waals surface area contributed by atoms with Crippen LogP contribution in [0.5, 0.6) is 0 Å². The Morgan fingerprint density at radius 2 is 1.97 bits per heavy atom. The van der Waals surface area contributed by atoms with Gasteiger partial charge in [0.25, 0.3) is 0 Å². The first kappa shape index (κ1) is 22.7. The molecule has 0 saturated heterocycles. The summed E-state index contributed by atoms with van der Waals surface area (Å²) in [5.74, 6) is -0.849. The molecule has 10 heteroatoms. The first-order chi connectivity index (χ1) is 13.6. The van der Waals surface area contributed by atoms with Crippen molar-refractivity contribution in [1.82, 2.24) is 15.7 Å². The van der Waals surface area contributed by atoms with Gasteiger partial charge in [0.1, 0.15) is 11.4 Å². The minimum Gasteiger partial charge on any atom is -0.465 e. The molecule has 0 aromatic carbocycles. The van der Waals surface area contributed by atoms with Gasteiger partial charge >= 0.3 is 12.1 Å². The zero-order chi connectivity index (χ0) is 21.6. The predicted octanol–water partition coefficient (Wildman–Crippen LogP) is 3.05. The Bertz CT molecular complexity index is 765. The fourth-order valence-electron chi connectivity index (χ4n) is 3.03. The van der Waals surface area contributed by atoms with Gasteiger partial charge in [-0.1, -0.05) is 18.0 Å². The molecule has 2 rings (SSSR count). The molecule has 0 bridgehead atoms. The Morgan fingerprint density at radius 3 is 2.62 bits per heavy atom. The van der Waals surface area contributed by atoms with Gasteiger partial charge in [-0.25, -0.2) is 14.6 Å². The van der Waals surface area contributed by atoms with Gasteiger partial charge in [0, 0.05) is 18.2 Å². The van der Waals surface area contributed by atoms with Crippen molar-refractivity contribution in [2.24, 2.45) is 5.92 Å². The zero-order valence-electron chi connectivity index (χ0n) is 17.0. The number of carbonyl (C=O) groups is 3. The SMILES string of the molecule is COC(=O)c1cc(NNC(=O)[C@H]2CCC[C@@H](NC(=O)OC(C)(C)C)C2)ncc1Cl. The van der Waals surface area contributed by atoms with E-state index in [0.717, 1.165) is 12.8 Å². The van der Waals surface area contributed by atoms with Crippen LogP contribution in [0.1, 0.15) is 56.8 Å². The number of anilines is 1. The quantitative estimate of drug-likeness (QED) is 0.489. The molecule has 1 heterocycles. The number of rotatable bonds is 5. The van der Waals surface area contributed by atoms with E-state index in [4.69, 9.17) is 16.3 Å². The zero-order valence-corrected chi connectivity index (χ0v) is 17.8. The van der Waals surface area contributed by atoms with Crippen molar-refractivity contribution in [2.75, 3.05) is 12.5 Å². The molecule has 1 fully saturated rings. The number of pyridine rings is 1. The first-order valence-electron chi connectivity index (χ1n) is 9.38. The van der Waals surface area contributed by atoms with Gasteiger partial charge in [0.05, 0.1) is 17.7 Å². The Morgan fingerprint density at radius 1 is 1.24 bits per heavy atom. The van der Waals surface area contributed by atoms with Crippen molar-refractivity contribution in [2.45, 2.75) is 58.1 Å². The highest BCUT2D eigenvalue weighted by molar-refractivity contribution is 6.33. The summed E-state index contributed by atoms with van der Waals surface area (Å²) in [7, 11) is 1.25. The number of esters is 1. The van der Waals surface area contributed by atoms with E-state index in [1.54, 1.807) is 20.8 Å². The van der Waals surface area contributed by atoms with Gasteiger partial charge in [0.15, 0.2) is 0 Å². The summed E-state index contributed by atoms with van der Waals surface area (Å²) < 4.78 is 9.93. The van der Waals surface area contributed by atoms with Crippen molar-refractivity contribution in [3.8, 4) is 0 Å². The van der Waals surface area contributed by atoms with E-state index in [1.165, 1.54) is 19.4 Å². The largest absolute Gasteiger partial charge is 0.465 e. The second-order valence-corrected chi connectivity index (χ2v) is 8.27. The molecule has 1 aliphatic rings. The number of aromatic nitrogens is 1. The molecule has 160 valence electrons. The molecule has 1 aliphatic carbocycles. The number of nitrogens with zero attached hydrogens (tertiary/aromatic N) is 1. The van der Waals surface area contributed by atoms with Gasteiger partial charge in [-0.15, -0.1) is 0 Å². The maximum absolute atomic E-state index is 12.5. The van der Waals surface area contributed by atoms with Crippen molar-refractivity contribution in [3.63, 3.8) is 0 Å². The fraction of sp³-hybridized carbons (Fsp3) is 0.579. The molecule has 0 unspecified atom stereocenters. The van der Waals surface area contributed by atoms with Crippen LogP contribution in [0.3, 0.4) is 0 Å². The van der Waals surface area contributed by atoms with E-state index < -0.39 is 17.7 Å². The van der Waals surface area contributed by atoms with Crippen molar-refractivity contribution < 1.29 is 23.9 Å². The van der Waals surface area contributed by atoms with Crippen LogP contribution in [0.4, 0.5) is 10.6 Å². The lowest BCUT2D eigenvalue weighted by molar-refractivity contribution is -0.125. The molecule has 2 atom stereocenters. The number of alkyl carbamates (subject to hydrolysis) is 1. The number of hydrogen-bond donors (Lipinski definition) is 3. The number of amides is 2. The lowest BCUT2D eigenvalue weighted by Crippen LogP contribution is -2.45. The Kier molecular flexibility index (Phi) is 7.66. The summed E-state index contributed by atoms with van der Waals surface area (Å²) in [5.41, 5.74) is 4.84. The van der Waals surface area contributed by atoms with Crippen LogP contribution >= 0.6 is 11.6 Å². The topological polar surface area (TPSA) is 119 Å². The maximum atomic E-state index is 12.5. The van der Waals surface area contributed by atoms with E-state index >= 15 is 0 Å². The standard InChI is InChI=1S/C19H27ClN4O5/c1-19(2,3)29-18(27)22-12-7-5-6-11(8-12)16(25)24-23-15-9-13(17(26)28-4)14(20)10-21-15/h9-12H,5-8H2,1-4H3,(H,21,23)(H,22,27)(H,24,25)/t11-,12+/m0/s1. The van der Waals surface area contributed by atoms with Gasteiger partial charge in [-0.05, 0) is 46.1 Å². The van der Waals surface area contributed by atoms with Crippen LogP contribution in [0.25, 0.3) is 0 Å². The normalized spacial score (nSPS) is 19.1. The smallest absolute Gasteiger partial charge is 0.407 e. The Labute approximate surface area is 174 Å². The van der Waals surface area contributed by atoms with Gasteiger partial charge < -0.3 is 14.8 Å². The number of halogens is 1. The highest BCUT2D eigenvalue weighted by atomic mass is 35.5.